The number of nitrogens with two attached hydrogens (primary N) is 1. The molecule has 1 aromatic rings. The van der Waals surface area contributed by atoms with E-state index < -0.39 is 23.8 Å². The Morgan fingerprint density at radius 2 is 1.85 bits per heavy atom. The van der Waals surface area contributed by atoms with Gasteiger partial charge in [-0.25, -0.2) is 0 Å². The average Bonchev–Trinajstić information content (AvgIpc) is 3.33. The van der Waals surface area contributed by atoms with Crippen LogP contribution in [0.4, 0.5) is 13.2 Å². The summed E-state index contributed by atoms with van der Waals surface area (Å²) in [6.07, 6.45) is -0.217. The number of carbonyl (C=O) groups excluding carboxylic acids is 3. The van der Waals surface area contributed by atoms with Crippen LogP contribution in [0, 0.1) is 5.41 Å². The van der Waals surface area contributed by atoms with Crippen molar-refractivity contribution in [1.29, 1.82) is 5.41 Å². The topological polar surface area (TPSA) is 123 Å². The van der Waals surface area contributed by atoms with Gasteiger partial charge in [-0.15, -0.1) is 0 Å². The number of primary amides is 1. The molecule has 0 bridgehead atoms. The summed E-state index contributed by atoms with van der Waals surface area (Å²) in [6, 6.07) is 4.33. The Labute approximate surface area is 193 Å². The fourth-order valence-corrected chi connectivity index (χ4v) is 4.89. The molecule has 0 spiro atoms. The normalized spacial score (nSPS) is 22.5. The molecule has 1 fully saturated rings. The molecular formula is C22H25F3N6O3. The Kier molecular flexibility index (Phi) is 6.00. The zero-order chi connectivity index (χ0) is 24.8. The SMILES string of the molecule is CN1C=C(C(N)=O)N(C2CCCC(N3Cc4ccc(C(=N)NC(=O)C(F)(F)F)cc4C3=O)C2)C1. The molecule has 3 aliphatic rings. The van der Waals surface area contributed by atoms with Crippen molar-refractivity contribution in [2.45, 2.75) is 50.5 Å². The van der Waals surface area contributed by atoms with Crippen molar-refractivity contribution in [2.75, 3.05) is 13.7 Å². The van der Waals surface area contributed by atoms with Gasteiger partial charge in [-0.05, 0) is 37.3 Å². The maximum Gasteiger partial charge on any atom is 0.471 e. The van der Waals surface area contributed by atoms with Gasteiger partial charge in [-0.2, -0.15) is 13.2 Å². The van der Waals surface area contributed by atoms with E-state index in [9.17, 15) is 27.6 Å². The van der Waals surface area contributed by atoms with Crippen LogP contribution in [0.1, 0.15) is 47.2 Å². The fraction of sp³-hybridized carbons (Fsp3) is 0.455. The lowest BCUT2D eigenvalue weighted by atomic mass is 9.89. The van der Waals surface area contributed by atoms with Crippen LogP contribution >= 0.6 is 0 Å². The number of nitrogens with one attached hydrogen (secondary N) is 2. The summed E-state index contributed by atoms with van der Waals surface area (Å²) in [5, 5.41) is 9.31. The van der Waals surface area contributed by atoms with Crippen LogP contribution in [0.15, 0.2) is 30.1 Å². The molecule has 12 heteroatoms. The Morgan fingerprint density at radius 3 is 2.50 bits per heavy atom. The number of rotatable bonds is 4. The average molecular weight is 478 g/mol. The van der Waals surface area contributed by atoms with Crippen molar-refractivity contribution in [3.63, 3.8) is 0 Å². The van der Waals surface area contributed by atoms with Crippen molar-refractivity contribution in [2.24, 2.45) is 5.73 Å². The first-order valence-electron chi connectivity index (χ1n) is 10.8. The zero-order valence-corrected chi connectivity index (χ0v) is 18.5. The molecule has 1 saturated carbocycles. The molecule has 9 nitrogen and oxygen atoms in total. The minimum atomic E-state index is -5.11. The smallest absolute Gasteiger partial charge is 0.364 e. The summed E-state index contributed by atoms with van der Waals surface area (Å²) < 4.78 is 37.5. The van der Waals surface area contributed by atoms with Crippen LogP contribution in [0.5, 0.6) is 0 Å². The molecule has 182 valence electrons. The molecule has 0 saturated heterocycles. The minimum absolute atomic E-state index is 0.0180. The standard InChI is InChI=1S/C22H25F3N6O3/c1-29-10-17(19(27)32)31(11-29)15-4-2-3-14(8-15)30-9-13-6-5-12(7-16(13)20(30)33)18(26)28-21(34)22(23,24)25/h5-7,10,14-15H,2-4,8-9,11H2,1H3,(H2,27,32)(H2,26,28,34). The van der Waals surface area contributed by atoms with Crippen molar-refractivity contribution in [3.05, 3.63) is 46.8 Å². The highest BCUT2D eigenvalue weighted by atomic mass is 19.4. The summed E-state index contributed by atoms with van der Waals surface area (Å²) in [6.45, 7) is 0.894. The lowest BCUT2D eigenvalue weighted by molar-refractivity contribution is -0.171. The molecule has 1 aliphatic carbocycles. The highest BCUT2D eigenvalue weighted by Gasteiger charge is 2.41. The van der Waals surface area contributed by atoms with Crippen molar-refractivity contribution < 1.29 is 27.6 Å². The number of nitrogens with zero attached hydrogens (tertiary/aromatic N) is 3. The van der Waals surface area contributed by atoms with Gasteiger partial charge in [0.2, 0.25) is 0 Å². The summed E-state index contributed by atoms with van der Waals surface area (Å²) in [5.74, 6) is -3.72. The zero-order valence-electron chi connectivity index (χ0n) is 18.5. The molecule has 3 amide bonds. The molecular weight excluding hydrogens is 453 g/mol. The first-order valence-corrected chi connectivity index (χ1v) is 10.8. The molecule has 34 heavy (non-hydrogen) atoms. The van der Waals surface area contributed by atoms with Crippen LogP contribution in [0.3, 0.4) is 0 Å². The van der Waals surface area contributed by atoms with Gasteiger partial charge >= 0.3 is 12.1 Å². The maximum atomic E-state index is 13.2. The lowest BCUT2D eigenvalue weighted by Gasteiger charge is -2.40. The third-order valence-electron chi connectivity index (χ3n) is 6.51. The van der Waals surface area contributed by atoms with Gasteiger partial charge in [0.15, 0.2) is 0 Å². The molecule has 4 N–H and O–H groups in total. The molecule has 4 rings (SSSR count). The van der Waals surface area contributed by atoms with E-state index in [4.69, 9.17) is 11.1 Å². The highest BCUT2D eigenvalue weighted by molar-refractivity contribution is 6.09. The maximum absolute atomic E-state index is 13.2. The lowest BCUT2D eigenvalue weighted by Crippen LogP contribution is -2.47. The number of benzene rings is 1. The van der Waals surface area contributed by atoms with Gasteiger partial charge in [0.1, 0.15) is 11.5 Å². The number of alkyl halides is 3. The molecule has 1 aromatic carbocycles. The van der Waals surface area contributed by atoms with E-state index in [-0.39, 0.29) is 23.6 Å². The van der Waals surface area contributed by atoms with E-state index in [1.165, 1.54) is 17.4 Å². The second kappa shape index (κ2) is 8.65. The highest BCUT2D eigenvalue weighted by Crippen LogP contribution is 2.35. The minimum Gasteiger partial charge on any atom is -0.364 e. The van der Waals surface area contributed by atoms with Gasteiger partial charge < -0.3 is 25.8 Å². The second-order valence-corrected chi connectivity index (χ2v) is 8.85. The number of carbonyl (C=O) groups is 3. The molecule has 0 radical (unpaired) electrons. The van der Waals surface area contributed by atoms with Crippen LogP contribution in [0.25, 0.3) is 0 Å². The Bertz CT molecular complexity index is 1090. The van der Waals surface area contributed by atoms with Gasteiger partial charge in [0.25, 0.3) is 11.8 Å². The van der Waals surface area contributed by atoms with Crippen molar-refractivity contribution >= 4 is 23.6 Å². The van der Waals surface area contributed by atoms with E-state index >= 15 is 0 Å². The van der Waals surface area contributed by atoms with Gasteiger partial charge in [0.05, 0.1) is 6.67 Å². The van der Waals surface area contributed by atoms with Crippen LogP contribution < -0.4 is 11.1 Å². The largest absolute Gasteiger partial charge is 0.471 e. The van der Waals surface area contributed by atoms with Crippen molar-refractivity contribution in [3.8, 4) is 0 Å². The fourth-order valence-electron chi connectivity index (χ4n) is 4.89. The van der Waals surface area contributed by atoms with Crippen LogP contribution in [-0.4, -0.2) is 70.2 Å². The first kappa shape index (κ1) is 23.6. The Morgan fingerprint density at radius 1 is 1.18 bits per heavy atom. The summed E-state index contributed by atoms with van der Waals surface area (Å²) in [7, 11) is 1.86. The van der Waals surface area contributed by atoms with E-state index in [2.05, 4.69) is 0 Å². The van der Waals surface area contributed by atoms with Crippen molar-refractivity contribution in [1.82, 2.24) is 20.0 Å². The summed E-state index contributed by atoms with van der Waals surface area (Å²) in [4.78, 5) is 41.8. The Hall–Kier alpha value is -3.57. The third kappa shape index (κ3) is 4.44. The molecule has 0 aromatic heterocycles. The summed E-state index contributed by atoms with van der Waals surface area (Å²) >= 11 is 0. The van der Waals surface area contributed by atoms with E-state index in [0.29, 0.717) is 36.5 Å². The number of amidine groups is 1. The Balaban J connectivity index is 1.47. The third-order valence-corrected chi connectivity index (χ3v) is 6.51. The van der Waals surface area contributed by atoms with Crippen LogP contribution in [0.2, 0.25) is 0 Å². The predicted molar refractivity (Wildman–Crippen MR) is 115 cm³/mol. The van der Waals surface area contributed by atoms with Gasteiger partial charge in [-0.3, -0.25) is 19.8 Å². The predicted octanol–water partition coefficient (Wildman–Crippen LogP) is 1.49. The van der Waals surface area contributed by atoms with E-state index in [1.807, 2.05) is 16.8 Å². The van der Waals surface area contributed by atoms with E-state index in [0.717, 1.165) is 19.3 Å². The molecule has 2 aliphatic heterocycles. The number of fused-ring (bicyclic) bond motifs is 1. The monoisotopic (exact) mass is 478 g/mol. The van der Waals surface area contributed by atoms with Crippen LogP contribution in [-0.2, 0) is 16.1 Å². The van der Waals surface area contributed by atoms with Gasteiger partial charge in [0, 0.05) is 43.0 Å². The summed E-state index contributed by atoms with van der Waals surface area (Å²) in [5.41, 5.74) is 7.03. The molecule has 2 unspecified atom stereocenters. The first-order chi connectivity index (χ1) is 16.0. The molecule has 2 heterocycles. The van der Waals surface area contributed by atoms with Gasteiger partial charge in [-0.1, -0.05) is 12.1 Å². The second-order valence-electron chi connectivity index (χ2n) is 8.85. The number of halogens is 3. The number of amides is 3. The molecule has 2 atom stereocenters. The van der Waals surface area contributed by atoms with E-state index in [1.54, 1.807) is 17.2 Å². The number of hydrogen-bond donors (Lipinski definition) is 3. The number of hydrogen-bond acceptors (Lipinski definition) is 6. The quantitative estimate of drug-likeness (QED) is 0.447.